The lowest BCUT2D eigenvalue weighted by atomic mass is 10.0. The molecule has 1 rings (SSSR count). The average molecular weight is 319 g/mol. The number of hydrogen-bond donors (Lipinski definition) is 2. The van der Waals surface area contributed by atoms with Gasteiger partial charge in [-0.25, -0.2) is 4.39 Å². The normalized spacial score (nSPS) is 11.7. The van der Waals surface area contributed by atoms with Gasteiger partial charge < -0.3 is 15.8 Å². The lowest BCUT2D eigenvalue weighted by Gasteiger charge is -2.18. The molecule has 0 heterocycles. The molecule has 4 nitrogen and oxygen atoms in total. The molecule has 0 spiro atoms. The maximum atomic E-state index is 13.5. The van der Waals surface area contributed by atoms with Gasteiger partial charge in [0.2, 0.25) is 5.91 Å². The fraction of sp³-hybridized carbons (Fsp3) is 0.533. The van der Waals surface area contributed by atoms with Crippen LogP contribution in [0.15, 0.2) is 18.2 Å². The number of carbonyl (C=O) groups excluding carboxylic acids is 1. The first-order chi connectivity index (χ1) is 9.46. The highest BCUT2D eigenvalue weighted by Crippen LogP contribution is 2.18. The summed E-state index contributed by atoms with van der Waals surface area (Å²) in [5.74, 6) is 0.0251. The Morgan fingerprint density at radius 3 is 2.57 bits per heavy atom. The Labute approximate surface area is 131 Å². The number of methoxy groups -OCH3 is 1. The molecule has 1 aromatic carbocycles. The van der Waals surface area contributed by atoms with Crippen molar-refractivity contribution in [1.82, 2.24) is 5.32 Å². The van der Waals surface area contributed by atoms with Crippen molar-refractivity contribution in [2.24, 2.45) is 11.7 Å². The summed E-state index contributed by atoms with van der Waals surface area (Å²) >= 11 is 0. The van der Waals surface area contributed by atoms with Gasteiger partial charge in [-0.15, -0.1) is 12.4 Å². The highest BCUT2D eigenvalue weighted by molar-refractivity contribution is 5.85. The third-order valence-corrected chi connectivity index (χ3v) is 2.99. The third kappa shape index (κ3) is 6.78. The molecule has 0 aliphatic carbocycles. The minimum absolute atomic E-state index is 0. The molecule has 0 radical (unpaired) electrons. The Bertz CT molecular complexity index is 455. The second kappa shape index (κ2) is 9.58. The van der Waals surface area contributed by atoms with E-state index in [2.05, 4.69) is 19.2 Å². The maximum absolute atomic E-state index is 13.5. The zero-order valence-electron chi connectivity index (χ0n) is 12.7. The van der Waals surface area contributed by atoms with Crippen LogP contribution in [0.5, 0.6) is 5.75 Å². The van der Waals surface area contributed by atoms with Crippen LogP contribution >= 0.6 is 12.4 Å². The monoisotopic (exact) mass is 318 g/mol. The second-order valence-corrected chi connectivity index (χ2v) is 5.28. The second-order valence-electron chi connectivity index (χ2n) is 5.28. The van der Waals surface area contributed by atoms with E-state index in [1.54, 1.807) is 6.07 Å². The van der Waals surface area contributed by atoms with E-state index >= 15 is 0 Å². The van der Waals surface area contributed by atoms with Crippen LogP contribution < -0.4 is 15.8 Å². The van der Waals surface area contributed by atoms with Gasteiger partial charge in [0.15, 0.2) is 11.6 Å². The first-order valence-electron chi connectivity index (χ1n) is 6.78. The summed E-state index contributed by atoms with van der Waals surface area (Å²) in [4.78, 5) is 11.9. The van der Waals surface area contributed by atoms with Gasteiger partial charge in [0.05, 0.1) is 13.5 Å². The van der Waals surface area contributed by atoms with E-state index in [0.29, 0.717) is 18.0 Å². The molecule has 21 heavy (non-hydrogen) atoms. The number of rotatable bonds is 7. The molecule has 1 atom stereocenters. The van der Waals surface area contributed by atoms with E-state index in [4.69, 9.17) is 10.5 Å². The molecule has 0 aliphatic rings. The van der Waals surface area contributed by atoms with Crippen molar-refractivity contribution < 1.29 is 13.9 Å². The smallest absolute Gasteiger partial charge is 0.224 e. The minimum Gasteiger partial charge on any atom is -0.494 e. The molecular weight excluding hydrogens is 295 g/mol. The molecular formula is C15H24ClFN2O2. The van der Waals surface area contributed by atoms with E-state index in [-0.39, 0.29) is 36.5 Å². The number of hydrogen-bond acceptors (Lipinski definition) is 3. The van der Waals surface area contributed by atoms with E-state index in [1.165, 1.54) is 19.2 Å². The van der Waals surface area contributed by atoms with Gasteiger partial charge in [0.1, 0.15) is 0 Å². The van der Waals surface area contributed by atoms with Crippen molar-refractivity contribution in [2.45, 2.75) is 32.7 Å². The van der Waals surface area contributed by atoms with Gasteiger partial charge in [-0.3, -0.25) is 4.79 Å². The Kier molecular flexibility index (Phi) is 8.97. The van der Waals surface area contributed by atoms with Crippen molar-refractivity contribution >= 4 is 18.3 Å². The predicted molar refractivity (Wildman–Crippen MR) is 84.3 cm³/mol. The van der Waals surface area contributed by atoms with Crippen LogP contribution in [0, 0.1) is 11.7 Å². The van der Waals surface area contributed by atoms with Gasteiger partial charge in [-0.1, -0.05) is 19.9 Å². The molecule has 3 N–H and O–H groups in total. The maximum Gasteiger partial charge on any atom is 0.224 e. The molecule has 6 heteroatoms. The molecule has 1 amide bonds. The van der Waals surface area contributed by atoms with Crippen molar-refractivity contribution in [3.8, 4) is 5.75 Å². The Balaban J connectivity index is 0.00000400. The van der Waals surface area contributed by atoms with E-state index in [9.17, 15) is 9.18 Å². The fourth-order valence-electron chi connectivity index (χ4n) is 2.07. The zero-order valence-corrected chi connectivity index (χ0v) is 13.5. The van der Waals surface area contributed by atoms with Gasteiger partial charge in [-0.2, -0.15) is 0 Å². The molecule has 1 unspecified atom stereocenters. The van der Waals surface area contributed by atoms with Crippen molar-refractivity contribution in [2.75, 3.05) is 13.7 Å². The van der Waals surface area contributed by atoms with Crippen LogP contribution in [0.2, 0.25) is 0 Å². The third-order valence-electron chi connectivity index (χ3n) is 2.99. The van der Waals surface area contributed by atoms with E-state index < -0.39 is 5.82 Å². The van der Waals surface area contributed by atoms with Crippen LogP contribution in [0.25, 0.3) is 0 Å². The number of amides is 1. The van der Waals surface area contributed by atoms with Crippen LogP contribution in [-0.2, 0) is 11.2 Å². The van der Waals surface area contributed by atoms with Gasteiger partial charge in [0.25, 0.3) is 0 Å². The number of nitrogens with two attached hydrogens (primary N) is 1. The van der Waals surface area contributed by atoms with Crippen molar-refractivity contribution in [3.63, 3.8) is 0 Å². The largest absolute Gasteiger partial charge is 0.494 e. The SMILES string of the molecule is COc1ccc(CC(=O)NC(CN)CC(C)C)cc1F.Cl. The molecule has 0 aliphatic heterocycles. The number of halogens is 2. The van der Waals surface area contributed by atoms with Gasteiger partial charge in [0, 0.05) is 12.6 Å². The van der Waals surface area contributed by atoms with Crippen LogP contribution in [0.3, 0.4) is 0 Å². The molecule has 0 bridgehead atoms. The summed E-state index contributed by atoms with van der Waals surface area (Å²) in [5, 5.41) is 2.88. The lowest BCUT2D eigenvalue weighted by molar-refractivity contribution is -0.121. The van der Waals surface area contributed by atoms with Crippen molar-refractivity contribution in [1.29, 1.82) is 0 Å². The predicted octanol–water partition coefficient (Wildman–Crippen LogP) is 2.29. The minimum atomic E-state index is -0.463. The van der Waals surface area contributed by atoms with Gasteiger partial charge >= 0.3 is 0 Å². The molecule has 120 valence electrons. The van der Waals surface area contributed by atoms with Gasteiger partial charge in [-0.05, 0) is 30.0 Å². The molecule has 0 saturated carbocycles. The number of carbonyl (C=O) groups is 1. The van der Waals surface area contributed by atoms with Crippen LogP contribution in [0.1, 0.15) is 25.8 Å². The van der Waals surface area contributed by atoms with E-state index in [1.807, 2.05) is 0 Å². The lowest BCUT2D eigenvalue weighted by Crippen LogP contribution is -2.41. The zero-order chi connectivity index (χ0) is 15.1. The summed E-state index contributed by atoms with van der Waals surface area (Å²) in [7, 11) is 1.41. The van der Waals surface area contributed by atoms with Crippen molar-refractivity contribution in [3.05, 3.63) is 29.6 Å². The summed E-state index contributed by atoms with van der Waals surface area (Å²) in [5.41, 5.74) is 6.25. The first kappa shape index (κ1) is 19.7. The number of benzene rings is 1. The Morgan fingerprint density at radius 2 is 2.10 bits per heavy atom. The fourth-order valence-corrected chi connectivity index (χ4v) is 2.07. The summed E-state index contributed by atoms with van der Waals surface area (Å²) in [6, 6.07) is 4.48. The Hall–Kier alpha value is -1.33. The molecule has 1 aromatic rings. The summed E-state index contributed by atoms with van der Waals surface area (Å²) in [6.45, 7) is 4.56. The Morgan fingerprint density at radius 1 is 1.43 bits per heavy atom. The van der Waals surface area contributed by atoms with Crippen LogP contribution in [-0.4, -0.2) is 25.6 Å². The number of nitrogens with one attached hydrogen (secondary N) is 1. The topological polar surface area (TPSA) is 64.3 Å². The average Bonchev–Trinajstić information content (AvgIpc) is 2.37. The highest BCUT2D eigenvalue weighted by atomic mass is 35.5. The summed E-state index contributed by atoms with van der Waals surface area (Å²) < 4.78 is 18.4. The molecule has 0 saturated heterocycles. The highest BCUT2D eigenvalue weighted by Gasteiger charge is 2.13. The molecule has 0 fully saturated rings. The number of ether oxygens (including phenoxy) is 1. The van der Waals surface area contributed by atoms with E-state index in [0.717, 1.165) is 6.42 Å². The first-order valence-corrected chi connectivity index (χ1v) is 6.78. The summed E-state index contributed by atoms with van der Waals surface area (Å²) in [6.07, 6.45) is 0.967. The quantitative estimate of drug-likeness (QED) is 0.810. The van der Waals surface area contributed by atoms with Crippen LogP contribution in [0.4, 0.5) is 4.39 Å². The molecule has 0 aromatic heterocycles. The standard InChI is InChI=1S/C15H23FN2O2.ClH/c1-10(2)6-12(9-17)18-15(19)8-11-4-5-14(20-3)13(16)7-11;/h4-5,7,10,12H,6,8-9,17H2,1-3H3,(H,18,19);1H.